The fraction of sp³-hybridized carbons (Fsp3) is 0.214. The Hall–Kier alpha value is -3.01. The Morgan fingerprint density at radius 2 is 2.19 bits per heavy atom. The summed E-state index contributed by atoms with van der Waals surface area (Å²) >= 11 is 0. The first-order valence-electron chi connectivity index (χ1n) is 6.34. The van der Waals surface area contributed by atoms with E-state index in [9.17, 15) is 14.9 Å². The van der Waals surface area contributed by atoms with E-state index in [0.717, 1.165) is 0 Å². The molecule has 1 aromatic carbocycles. The van der Waals surface area contributed by atoms with Crippen molar-refractivity contribution in [2.24, 2.45) is 0 Å². The highest BCUT2D eigenvalue weighted by atomic mass is 16.6. The van der Waals surface area contributed by atoms with Crippen LogP contribution in [0.4, 0.5) is 5.69 Å². The zero-order chi connectivity index (χ0) is 15.4. The number of nitriles is 1. The Balaban J connectivity index is 2.61. The van der Waals surface area contributed by atoms with Gasteiger partial charge in [0.1, 0.15) is 11.6 Å². The van der Waals surface area contributed by atoms with E-state index >= 15 is 0 Å². The van der Waals surface area contributed by atoms with E-state index in [1.54, 1.807) is 6.07 Å². The lowest BCUT2D eigenvalue weighted by Gasteiger charge is -2.07. The summed E-state index contributed by atoms with van der Waals surface area (Å²) < 4.78 is 1.21. The topological polar surface area (TPSA) is 102 Å². The molecule has 0 aliphatic rings. The summed E-state index contributed by atoms with van der Waals surface area (Å²) in [5, 5.41) is 24.0. The van der Waals surface area contributed by atoms with Crippen molar-refractivity contribution in [1.82, 2.24) is 9.78 Å². The van der Waals surface area contributed by atoms with Crippen LogP contribution in [-0.2, 0) is 6.54 Å². The minimum Gasteiger partial charge on any atom is -0.266 e. The maximum atomic E-state index is 11.9. The third kappa shape index (κ3) is 2.95. The highest BCUT2D eigenvalue weighted by Gasteiger charge is 2.12. The minimum absolute atomic E-state index is 0.0278. The summed E-state index contributed by atoms with van der Waals surface area (Å²) in [5.74, 6) is 0. The van der Waals surface area contributed by atoms with Gasteiger partial charge in [-0.05, 0) is 12.5 Å². The molecule has 0 atom stereocenters. The number of hydrogen-bond acceptors (Lipinski definition) is 5. The third-order valence-corrected chi connectivity index (χ3v) is 2.88. The van der Waals surface area contributed by atoms with Crippen molar-refractivity contribution in [3.63, 3.8) is 0 Å². The second-order valence-electron chi connectivity index (χ2n) is 4.39. The van der Waals surface area contributed by atoms with Crippen LogP contribution in [0.2, 0.25) is 0 Å². The van der Waals surface area contributed by atoms with Crippen molar-refractivity contribution in [2.45, 2.75) is 19.9 Å². The van der Waals surface area contributed by atoms with Crippen molar-refractivity contribution in [1.29, 1.82) is 5.26 Å². The van der Waals surface area contributed by atoms with Crippen molar-refractivity contribution >= 4 is 5.69 Å². The van der Waals surface area contributed by atoms with Gasteiger partial charge in [0, 0.05) is 24.2 Å². The number of non-ortho nitro benzene ring substituents is 1. The van der Waals surface area contributed by atoms with Crippen LogP contribution >= 0.6 is 0 Å². The zero-order valence-electron chi connectivity index (χ0n) is 11.3. The standard InChI is InChI=1S/C14H12N4O3/c1-2-6-17-14(19)11(9-15)8-13(16-17)10-4-3-5-12(7-10)18(20)21/h3-5,7-8H,2,6H2,1H3. The number of nitro groups is 1. The molecule has 2 aromatic rings. The van der Waals surface area contributed by atoms with Crippen LogP contribution in [-0.4, -0.2) is 14.7 Å². The van der Waals surface area contributed by atoms with Crippen LogP contribution in [0.5, 0.6) is 0 Å². The second kappa shape index (κ2) is 5.96. The molecule has 2 rings (SSSR count). The molecule has 0 unspecified atom stereocenters. The maximum Gasteiger partial charge on any atom is 0.284 e. The molecule has 0 aliphatic carbocycles. The first kappa shape index (κ1) is 14.4. The molecule has 21 heavy (non-hydrogen) atoms. The SMILES string of the molecule is CCCn1nc(-c2cccc([N+](=O)[O-])c2)cc(C#N)c1=O. The van der Waals surface area contributed by atoms with E-state index in [1.165, 1.54) is 28.9 Å². The Kier molecular flexibility index (Phi) is 4.09. The summed E-state index contributed by atoms with van der Waals surface area (Å²) in [6, 6.07) is 9.11. The van der Waals surface area contributed by atoms with E-state index in [2.05, 4.69) is 5.10 Å². The third-order valence-electron chi connectivity index (χ3n) is 2.88. The number of nitrogens with zero attached hydrogens (tertiary/aromatic N) is 4. The number of rotatable bonds is 4. The predicted molar refractivity (Wildman–Crippen MR) is 75.6 cm³/mol. The average molecular weight is 284 g/mol. The fourth-order valence-electron chi connectivity index (χ4n) is 1.91. The molecule has 7 heteroatoms. The Morgan fingerprint density at radius 3 is 2.81 bits per heavy atom. The predicted octanol–water partition coefficient (Wildman–Crippen LogP) is 2.10. The smallest absolute Gasteiger partial charge is 0.266 e. The highest BCUT2D eigenvalue weighted by Crippen LogP contribution is 2.21. The molecular weight excluding hydrogens is 272 g/mol. The molecule has 0 N–H and O–H groups in total. The number of aromatic nitrogens is 2. The summed E-state index contributed by atoms with van der Waals surface area (Å²) in [4.78, 5) is 22.2. The summed E-state index contributed by atoms with van der Waals surface area (Å²) in [7, 11) is 0. The van der Waals surface area contributed by atoms with Gasteiger partial charge in [-0.25, -0.2) is 4.68 Å². The molecule has 106 valence electrons. The zero-order valence-corrected chi connectivity index (χ0v) is 11.3. The van der Waals surface area contributed by atoms with Gasteiger partial charge in [0.05, 0.1) is 10.6 Å². The van der Waals surface area contributed by atoms with Crippen LogP contribution < -0.4 is 5.56 Å². The molecule has 0 fully saturated rings. The quantitative estimate of drug-likeness (QED) is 0.632. The Morgan fingerprint density at radius 1 is 1.43 bits per heavy atom. The number of nitro benzene ring substituents is 1. The molecule has 0 amide bonds. The Bertz CT molecular complexity index is 790. The second-order valence-corrected chi connectivity index (χ2v) is 4.39. The van der Waals surface area contributed by atoms with Gasteiger partial charge in [0.2, 0.25) is 0 Å². The van der Waals surface area contributed by atoms with Crippen LogP contribution in [0, 0.1) is 21.4 Å². The molecule has 0 radical (unpaired) electrons. The van der Waals surface area contributed by atoms with E-state index in [1.807, 2.05) is 13.0 Å². The van der Waals surface area contributed by atoms with Gasteiger partial charge in [0.15, 0.2) is 0 Å². The first-order valence-corrected chi connectivity index (χ1v) is 6.34. The van der Waals surface area contributed by atoms with E-state index in [4.69, 9.17) is 5.26 Å². The molecule has 1 heterocycles. The van der Waals surface area contributed by atoms with Crippen LogP contribution in [0.25, 0.3) is 11.3 Å². The van der Waals surface area contributed by atoms with Crippen molar-refractivity contribution < 1.29 is 4.92 Å². The van der Waals surface area contributed by atoms with Crippen LogP contribution in [0.3, 0.4) is 0 Å². The number of hydrogen-bond donors (Lipinski definition) is 0. The first-order chi connectivity index (χ1) is 10.1. The van der Waals surface area contributed by atoms with Crippen molar-refractivity contribution in [3.05, 3.63) is 56.4 Å². The molecule has 0 aliphatic heterocycles. The van der Waals surface area contributed by atoms with E-state index in [0.29, 0.717) is 24.2 Å². The summed E-state index contributed by atoms with van der Waals surface area (Å²) in [6.45, 7) is 2.27. The number of aryl methyl sites for hydroxylation is 1. The van der Waals surface area contributed by atoms with E-state index in [-0.39, 0.29) is 11.3 Å². The molecule has 1 aromatic heterocycles. The molecular formula is C14H12N4O3. The fourth-order valence-corrected chi connectivity index (χ4v) is 1.91. The van der Waals surface area contributed by atoms with Gasteiger partial charge in [-0.3, -0.25) is 14.9 Å². The number of benzene rings is 1. The molecule has 0 saturated carbocycles. The lowest BCUT2D eigenvalue weighted by molar-refractivity contribution is -0.384. The lowest BCUT2D eigenvalue weighted by atomic mass is 10.1. The van der Waals surface area contributed by atoms with Gasteiger partial charge in [0.25, 0.3) is 11.2 Å². The minimum atomic E-state index is -0.503. The van der Waals surface area contributed by atoms with Gasteiger partial charge < -0.3 is 0 Å². The van der Waals surface area contributed by atoms with Crippen molar-refractivity contribution in [3.8, 4) is 17.3 Å². The van der Waals surface area contributed by atoms with Crippen LogP contribution in [0.1, 0.15) is 18.9 Å². The van der Waals surface area contributed by atoms with Gasteiger partial charge in [-0.2, -0.15) is 10.4 Å². The summed E-state index contributed by atoms with van der Waals surface area (Å²) in [5.41, 5.74) is 0.309. The normalized spacial score (nSPS) is 10.1. The highest BCUT2D eigenvalue weighted by molar-refractivity contribution is 5.63. The van der Waals surface area contributed by atoms with Gasteiger partial charge >= 0.3 is 0 Å². The largest absolute Gasteiger partial charge is 0.284 e. The average Bonchev–Trinajstić information content (AvgIpc) is 2.49. The van der Waals surface area contributed by atoms with E-state index < -0.39 is 10.5 Å². The van der Waals surface area contributed by atoms with Gasteiger partial charge in [-0.15, -0.1) is 0 Å². The molecule has 0 saturated heterocycles. The molecule has 7 nitrogen and oxygen atoms in total. The van der Waals surface area contributed by atoms with Crippen LogP contribution in [0.15, 0.2) is 35.1 Å². The maximum absolute atomic E-state index is 11.9. The summed E-state index contributed by atoms with van der Waals surface area (Å²) in [6.07, 6.45) is 0.691. The molecule has 0 spiro atoms. The van der Waals surface area contributed by atoms with Crippen molar-refractivity contribution in [2.75, 3.05) is 0 Å². The van der Waals surface area contributed by atoms with Gasteiger partial charge in [-0.1, -0.05) is 19.1 Å². The Labute approximate surface area is 120 Å². The lowest BCUT2D eigenvalue weighted by Crippen LogP contribution is -2.25. The monoisotopic (exact) mass is 284 g/mol. The molecule has 0 bridgehead atoms.